The summed E-state index contributed by atoms with van der Waals surface area (Å²) in [4.78, 5) is 18.5. The van der Waals surface area contributed by atoms with Gasteiger partial charge in [0, 0.05) is 24.5 Å². The van der Waals surface area contributed by atoms with Gasteiger partial charge < -0.3 is 10.3 Å². The molecule has 2 rings (SSSR count). The summed E-state index contributed by atoms with van der Waals surface area (Å²) >= 11 is 11.4. The summed E-state index contributed by atoms with van der Waals surface area (Å²) in [6.07, 6.45) is 3.61. The summed E-state index contributed by atoms with van der Waals surface area (Å²) in [5.41, 5.74) is 1.38. The summed E-state index contributed by atoms with van der Waals surface area (Å²) in [7, 11) is 0. The molecule has 2 aromatic heterocycles. The number of halogens is 2. The lowest BCUT2D eigenvalue weighted by molar-refractivity contribution is 0.0951. The van der Waals surface area contributed by atoms with Crippen molar-refractivity contribution in [3.63, 3.8) is 0 Å². The van der Waals surface area contributed by atoms with Crippen LogP contribution in [0.1, 0.15) is 15.9 Å². The lowest BCUT2D eigenvalue weighted by Crippen LogP contribution is -2.22. The zero-order chi connectivity index (χ0) is 12.3. The van der Waals surface area contributed by atoms with Crippen molar-refractivity contribution in [2.75, 3.05) is 0 Å². The smallest absolute Gasteiger partial charge is 0.251 e. The van der Waals surface area contributed by atoms with Crippen LogP contribution in [-0.2, 0) is 6.54 Å². The fourth-order valence-electron chi connectivity index (χ4n) is 1.35. The third kappa shape index (κ3) is 3.22. The van der Waals surface area contributed by atoms with Gasteiger partial charge in [0.15, 0.2) is 0 Å². The van der Waals surface area contributed by atoms with E-state index >= 15 is 0 Å². The summed E-state index contributed by atoms with van der Waals surface area (Å²) in [6.45, 7) is 0.444. The van der Waals surface area contributed by atoms with Gasteiger partial charge in [-0.05, 0) is 23.8 Å². The molecule has 88 valence electrons. The van der Waals surface area contributed by atoms with Gasteiger partial charge in [0.25, 0.3) is 5.91 Å². The molecular formula is C11H9Cl2N3O. The highest BCUT2D eigenvalue weighted by Gasteiger charge is 2.08. The molecule has 0 saturated carbocycles. The predicted molar refractivity (Wildman–Crippen MR) is 66.2 cm³/mol. The fraction of sp³-hybridized carbons (Fsp3) is 0.0909. The zero-order valence-corrected chi connectivity index (χ0v) is 10.2. The van der Waals surface area contributed by atoms with E-state index in [1.807, 2.05) is 12.3 Å². The van der Waals surface area contributed by atoms with Crippen molar-refractivity contribution in [1.82, 2.24) is 15.3 Å². The molecule has 0 fully saturated rings. The van der Waals surface area contributed by atoms with E-state index in [0.717, 1.165) is 5.56 Å². The summed E-state index contributed by atoms with van der Waals surface area (Å²) < 4.78 is 0. The quantitative estimate of drug-likeness (QED) is 0.842. The molecule has 2 heterocycles. The van der Waals surface area contributed by atoms with Crippen LogP contribution < -0.4 is 5.32 Å². The molecule has 4 nitrogen and oxygen atoms in total. The Morgan fingerprint density at radius 2 is 2.06 bits per heavy atom. The van der Waals surface area contributed by atoms with E-state index in [4.69, 9.17) is 23.2 Å². The van der Waals surface area contributed by atoms with Crippen molar-refractivity contribution in [1.29, 1.82) is 0 Å². The SMILES string of the molecule is O=C(NCc1cc[nH]c1)c1cc(Cl)nc(Cl)c1. The van der Waals surface area contributed by atoms with Crippen LogP contribution in [0.4, 0.5) is 0 Å². The zero-order valence-electron chi connectivity index (χ0n) is 8.71. The second-order valence-corrected chi connectivity index (χ2v) is 4.18. The van der Waals surface area contributed by atoms with Crippen molar-refractivity contribution in [2.45, 2.75) is 6.54 Å². The summed E-state index contributed by atoms with van der Waals surface area (Å²) in [6, 6.07) is 4.83. The van der Waals surface area contributed by atoms with Gasteiger partial charge in [0.2, 0.25) is 0 Å². The molecule has 0 aliphatic heterocycles. The molecule has 0 aliphatic rings. The predicted octanol–water partition coefficient (Wildman–Crippen LogP) is 2.65. The van der Waals surface area contributed by atoms with Gasteiger partial charge in [-0.1, -0.05) is 23.2 Å². The molecule has 0 atom stereocenters. The van der Waals surface area contributed by atoms with Crippen molar-refractivity contribution in [2.24, 2.45) is 0 Å². The number of aromatic amines is 1. The van der Waals surface area contributed by atoms with Crippen LogP contribution in [0, 0.1) is 0 Å². The first-order valence-electron chi connectivity index (χ1n) is 4.88. The fourth-order valence-corrected chi connectivity index (χ4v) is 1.81. The maximum Gasteiger partial charge on any atom is 0.251 e. The van der Waals surface area contributed by atoms with Gasteiger partial charge >= 0.3 is 0 Å². The molecule has 0 radical (unpaired) electrons. The average molecular weight is 270 g/mol. The van der Waals surface area contributed by atoms with Gasteiger partial charge in [0.05, 0.1) is 0 Å². The van der Waals surface area contributed by atoms with E-state index in [1.54, 1.807) is 6.20 Å². The number of H-pyrrole nitrogens is 1. The van der Waals surface area contributed by atoms with Crippen molar-refractivity contribution in [3.05, 3.63) is 52.0 Å². The Bertz CT molecular complexity index is 505. The van der Waals surface area contributed by atoms with E-state index < -0.39 is 0 Å². The third-order valence-corrected chi connectivity index (χ3v) is 2.53. The third-order valence-electron chi connectivity index (χ3n) is 2.14. The van der Waals surface area contributed by atoms with Gasteiger partial charge in [-0.3, -0.25) is 4.79 Å². The van der Waals surface area contributed by atoms with Gasteiger partial charge in [-0.25, -0.2) is 4.98 Å². The molecule has 1 amide bonds. The number of amides is 1. The molecule has 0 aliphatic carbocycles. The Morgan fingerprint density at radius 3 is 2.65 bits per heavy atom. The van der Waals surface area contributed by atoms with E-state index in [-0.39, 0.29) is 16.2 Å². The van der Waals surface area contributed by atoms with E-state index in [0.29, 0.717) is 12.1 Å². The lowest BCUT2D eigenvalue weighted by Gasteiger charge is -2.04. The molecule has 2 aromatic rings. The van der Waals surface area contributed by atoms with Crippen molar-refractivity contribution < 1.29 is 4.79 Å². The number of pyridine rings is 1. The number of aromatic nitrogens is 2. The first-order valence-corrected chi connectivity index (χ1v) is 5.64. The first-order chi connectivity index (χ1) is 8.15. The van der Waals surface area contributed by atoms with E-state index in [2.05, 4.69) is 15.3 Å². The first kappa shape index (κ1) is 12.0. The minimum atomic E-state index is -0.239. The highest BCUT2D eigenvalue weighted by Crippen LogP contribution is 2.14. The lowest BCUT2D eigenvalue weighted by atomic mass is 10.2. The number of nitrogens with zero attached hydrogens (tertiary/aromatic N) is 1. The number of nitrogens with one attached hydrogen (secondary N) is 2. The van der Waals surface area contributed by atoms with E-state index in [1.165, 1.54) is 12.1 Å². The summed E-state index contributed by atoms with van der Waals surface area (Å²) in [5.74, 6) is -0.239. The van der Waals surface area contributed by atoms with Crippen LogP contribution in [-0.4, -0.2) is 15.9 Å². The molecule has 0 saturated heterocycles. The maximum absolute atomic E-state index is 11.8. The minimum absolute atomic E-state index is 0.198. The van der Waals surface area contributed by atoms with Crippen molar-refractivity contribution in [3.8, 4) is 0 Å². The second-order valence-electron chi connectivity index (χ2n) is 3.40. The van der Waals surface area contributed by atoms with Crippen LogP contribution >= 0.6 is 23.2 Å². The summed E-state index contributed by atoms with van der Waals surface area (Å²) in [5, 5.41) is 3.15. The largest absolute Gasteiger partial charge is 0.367 e. The Balaban J connectivity index is 2.04. The Labute approximate surface area is 108 Å². The van der Waals surface area contributed by atoms with Crippen LogP contribution in [0.25, 0.3) is 0 Å². The molecule has 0 bridgehead atoms. The van der Waals surface area contributed by atoms with Crippen molar-refractivity contribution >= 4 is 29.1 Å². The van der Waals surface area contributed by atoms with Gasteiger partial charge in [0.1, 0.15) is 10.3 Å². The molecule has 0 unspecified atom stereocenters. The Kier molecular flexibility index (Phi) is 3.66. The standard InChI is InChI=1S/C11H9Cl2N3O/c12-9-3-8(4-10(13)16-9)11(17)15-6-7-1-2-14-5-7/h1-5,14H,6H2,(H,15,17). The highest BCUT2D eigenvalue weighted by atomic mass is 35.5. The minimum Gasteiger partial charge on any atom is -0.367 e. The number of hydrogen-bond donors (Lipinski definition) is 2. The normalized spacial score (nSPS) is 10.2. The number of hydrogen-bond acceptors (Lipinski definition) is 2. The molecule has 0 aromatic carbocycles. The molecule has 17 heavy (non-hydrogen) atoms. The monoisotopic (exact) mass is 269 g/mol. The van der Waals surface area contributed by atoms with Crippen LogP contribution in [0.2, 0.25) is 10.3 Å². The average Bonchev–Trinajstić information content (AvgIpc) is 2.77. The molecule has 2 N–H and O–H groups in total. The molecule has 6 heteroatoms. The van der Waals surface area contributed by atoms with Crippen LogP contribution in [0.15, 0.2) is 30.6 Å². The second kappa shape index (κ2) is 5.21. The molecular weight excluding hydrogens is 261 g/mol. The van der Waals surface area contributed by atoms with Crippen LogP contribution in [0.5, 0.6) is 0 Å². The topological polar surface area (TPSA) is 57.8 Å². The van der Waals surface area contributed by atoms with Crippen LogP contribution in [0.3, 0.4) is 0 Å². The number of rotatable bonds is 3. The van der Waals surface area contributed by atoms with E-state index in [9.17, 15) is 4.79 Å². The maximum atomic E-state index is 11.8. The van der Waals surface area contributed by atoms with Gasteiger partial charge in [-0.2, -0.15) is 0 Å². The highest BCUT2D eigenvalue weighted by molar-refractivity contribution is 6.33. The Hall–Kier alpha value is -1.52. The Morgan fingerprint density at radius 1 is 1.35 bits per heavy atom. The molecule has 0 spiro atoms. The number of carbonyl (C=O) groups excluding carboxylic acids is 1. The van der Waals surface area contributed by atoms with Gasteiger partial charge in [-0.15, -0.1) is 0 Å². The number of carbonyl (C=O) groups is 1.